The summed E-state index contributed by atoms with van der Waals surface area (Å²) in [5.41, 5.74) is 0.659. The summed E-state index contributed by atoms with van der Waals surface area (Å²) in [7, 11) is 0. The van der Waals surface area contributed by atoms with Gasteiger partial charge in [-0.15, -0.1) is 5.10 Å². The minimum Gasteiger partial charge on any atom is -0.390 e. The Labute approximate surface area is 123 Å². The van der Waals surface area contributed by atoms with E-state index in [1.807, 2.05) is 0 Å². The monoisotopic (exact) mass is 305 g/mol. The molecule has 0 atom stereocenters. The first-order valence-electron chi connectivity index (χ1n) is 6.37. The van der Waals surface area contributed by atoms with Crippen LogP contribution in [0.1, 0.15) is 5.69 Å². The molecule has 0 aliphatic rings. The van der Waals surface area contributed by atoms with E-state index in [9.17, 15) is 18.3 Å². The fraction of sp³-hybridized carbons (Fsp3) is 0.0667. The van der Waals surface area contributed by atoms with Crippen molar-refractivity contribution in [2.75, 3.05) is 0 Å². The number of aliphatic hydroxyl groups is 1. The van der Waals surface area contributed by atoms with Crippen LogP contribution < -0.4 is 0 Å². The molecule has 0 bridgehead atoms. The standard InChI is InChI=1S/C15H10F3N3O/c16-10-6-5-9(7-12(10)18)15-13(8-22)19-20-21(15)14-4-2-1-3-11(14)17/h1-7,22H,8H2. The van der Waals surface area contributed by atoms with Crippen molar-refractivity contribution in [3.63, 3.8) is 0 Å². The SMILES string of the molecule is OCc1nnn(-c2ccccc2F)c1-c1ccc(F)c(F)c1. The maximum atomic E-state index is 13.9. The normalized spacial score (nSPS) is 10.9. The molecule has 0 saturated carbocycles. The van der Waals surface area contributed by atoms with Crippen LogP contribution >= 0.6 is 0 Å². The molecular formula is C15H10F3N3O. The summed E-state index contributed by atoms with van der Waals surface area (Å²) in [5, 5.41) is 16.9. The minimum absolute atomic E-state index is 0.0921. The smallest absolute Gasteiger partial charge is 0.159 e. The topological polar surface area (TPSA) is 50.9 Å². The van der Waals surface area contributed by atoms with Gasteiger partial charge in [0.1, 0.15) is 22.9 Å². The lowest BCUT2D eigenvalue weighted by Crippen LogP contribution is -2.03. The Morgan fingerprint density at radius 2 is 1.73 bits per heavy atom. The summed E-state index contributed by atoms with van der Waals surface area (Å²) in [5.74, 6) is -2.61. The van der Waals surface area contributed by atoms with Gasteiger partial charge in [-0.25, -0.2) is 17.9 Å². The van der Waals surface area contributed by atoms with Gasteiger partial charge in [0.15, 0.2) is 11.6 Å². The molecule has 1 N–H and O–H groups in total. The third-order valence-corrected chi connectivity index (χ3v) is 3.16. The molecule has 22 heavy (non-hydrogen) atoms. The summed E-state index contributed by atoms with van der Waals surface area (Å²) in [4.78, 5) is 0. The number of halogens is 3. The van der Waals surface area contributed by atoms with Crippen LogP contribution in [0.3, 0.4) is 0 Å². The molecule has 0 aliphatic carbocycles. The van der Waals surface area contributed by atoms with Crippen molar-refractivity contribution in [1.82, 2.24) is 15.0 Å². The molecule has 7 heteroatoms. The summed E-state index contributed by atoms with van der Waals surface area (Å²) in [6, 6.07) is 9.04. The number of benzene rings is 2. The van der Waals surface area contributed by atoms with Gasteiger partial charge in [-0.1, -0.05) is 17.3 Å². The molecule has 0 radical (unpaired) electrons. The van der Waals surface area contributed by atoms with Gasteiger partial charge in [-0.3, -0.25) is 0 Å². The van der Waals surface area contributed by atoms with Crippen LogP contribution in [0.25, 0.3) is 16.9 Å². The second-order valence-corrected chi connectivity index (χ2v) is 4.53. The maximum absolute atomic E-state index is 13.9. The van der Waals surface area contributed by atoms with Crippen LogP contribution in [-0.4, -0.2) is 20.1 Å². The molecule has 0 aliphatic heterocycles. The quantitative estimate of drug-likeness (QED) is 0.809. The molecule has 2 aromatic carbocycles. The average Bonchev–Trinajstić information content (AvgIpc) is 2.94. The second-order valence-electron chi connectivity index (χ2n) is 4.53. The highest BCUT2D eigenvalue weighted by Gasteiger charge is 2.19. The molecule has 4 nitrogen and oxygen atoms in total. The van der Waals surface area contributed by atoms with E-state index < -0.39 is 24.1 Å². The highest BCUT2D eigenvalue weighted by atomic mass is 19.2. The third-order valence-electron chi connectivity index (χ3n) is 3.16. The molecule has 1 aromatic heterocycles. The minimum atomic E-state index is -1.05. The predicted molar refractivity (Wildman–Crippen MR) is 72.6 cm³/mol. The first-order chi connectivity index (χ1) is 10.6. The average molecular weight is 305 g/mol. The van der Waals surface area contributed by atoms with E-state index >= 15 is 0 Å². The Morgan fingerprint density at radius 1 is 0.955 bits per heavy atom. The number of aromatic nitrogens is 3. The van der Waals surface area contributed by atoms with Crippen LogP contribution in [0.15, 0.2) is 42.5 Å². The van der Waals surface area contributed by atoms with Gasteiger partial charge >= 0.3 is 0 Å². The molecule has 1 heterocycles. The molecule has 3 aromatic rings. The zero-order valence-electron chi connectivity index (χ0n) is 11.2. The van der Waals surface area contributed by atoms with Gasteiger partial charge in [-0.05, 0) is 30.3 Å². The van der Waals surface area contributed by atoms with Crippen LogP contribution in [0.5, 0.6) is 0 Å². The lowest BCUT2D eigenvalue weighted by atomic mass is 10.1. The van der Waals surface area contributed by atoms with E-state index in [0.29, 0.717) is 0 Å². The number of aliphatic hydroxyl groups excluding tert-OH is 1. The molecule has 112 valence electrons. The molecule has 0 fully saturated rings. The number of hydrogen-bond acceptors (Lipinski definition) is 3. The molecule has 3 rings (SSSR count). The zero-order valence-corrected chi connectivity index (χ0v) is 11.2. The van der Waals surface area contributed by atoms with Crippen molar-refractivity contribution < 1.29 is 18.3 Å². The maximum Gasteiger partial charge on any atom is 0.159 e. The Kier molecular flexibility index (Phi) is 3.64. The van der Waals surface area contributed by atoms with E-state index in [4.69, 9.17) is 0 Å². The van der Waals surface area contributed by atoms with E-state index in [1.54, 1.807) is 6.07 Å². The lowest BCUT2D eigenvalue weighted by Gasteiger charge is -2.09. The van der Waals surface area contributed by atoms with Crippen LogP contribution in [-0.2, 0) is 6.61 Å². The van der Waals surface area contributed by atoms with Crippen molar-refractivity contribution >= 4 is 0 Å². The van der Waals surface area contributed by atoms with Crippen molar-refractivity contribution in [2.24, 2.45) is 0 Å². The largest absolute Gasteiger partial charge is 0.390 e. The molecule has 0 amide bonds. The van der Waals surface area contributed by atoms with Gasteiger partial charge in [0.2, 0.25) is 0 Å². The fourth-order valence-electron chi connectivity index (χ4n) is 2.14. The lowest BCUT2D eigenvalue weighted by molar-refractivity contribution is 0.277. The van der Waals surface area contributed by atoms with Crippen molar-refractivity contribution in [3.8, 4) is 16.9 Å². The summed E-state index contributed by atoms with van der Waals surface area (Å²) in [6.45, 7) is -0.469. The Hall–Kier alpha value is -2.67. The van der Waals surface area contributed by atoms with Crippen molar-refractivity contribution in [1.29, 1.82) is 0 Å². The number of para-hydroxylation sites is 1. The highest BCUT2D eigenvalue weighted by molar-refractivity contribution is 5.64. The zero-order chi connectivity index (χ0) is 15.7. The summed E-state index contributed by atoms with van der Waals surface area (Å²) >= 11 is 0. The molecule has 0 unspecified atom stereocenters. The third kappa shape index (κ3) is 2.35. The molecule has 0 spiro atoms. The second kappa shape index (κ2) is 5.61. The number of nitrogens with zero attached hydrogens (tertiary/aromatic N) is 3. The van der Waals surface area contributed by atoms with Crippen molar-refractivity contribution in [2.45, 2.75) is 6.61 Å². The number of hydrogen-bond donors (Lipinski definition) is 1. The predicted octanol–water partition coefficient (Wildman–Crippen LogP) is 2.84. The summed E-state index contributed by atoms with van der Waals surface area (Å²) < 4.78 is 41.6. The van der Waals surface area contributed by atoms with Gasteiger partial charge < -0.3 is 5.11 Å². The van der Waals surface area contributed by atoms with E-state index in [2.05, 4.69) is 10.3 Å². The van der Waals surface area contributed by atoms with Gasteiger partial charge in [0.05, 0.1) is 6.61 Å². The van der Waals surface area contributed by atoms with Gasteiger partial charge in [0, 0.05) is 5.56 Å². The number of rotatable bonds is 3. The molecule has 0 saturated heterocycles. The van der Waals surface area contributed by atoms with E-state index in [1.165, 1.54) is 24.3 Å². The first kappa shape index (κ1) is 14.3. The van der Waals surface area contributed by atoms with Crippen molar-refractivity contribution in [3.05, 3.63) is 65.6 Å². The van der Waals surface area contributed by atoms with Gasteiger partial charge in [-0.2, -0.15) is 0 Å². The van der Waals surface area contributed by atoms with Crippen LogP contribution in [0.4, 0.5) is 13.2 Å². The Balaban J connectivity index is 2.24. The highest BCUT2D eigenvalue weighted by Crippen LogP contribution is 2.27. The molecular weight excluding hydrogens is 295 g/mol. The van der Waals surface area contributed by atoms with Gasteiger partial charge in [0.25, 0.3) is 0 Å². The first-order valence-corrected chi connectivity index (χ1v) is 6.37. The van der Waals surface area contributed by atoms with E-state index in [-0.39, 0.29) is 22.6 Å². The Bertz CT molecular complexity index is 833. The van der Waals surface area contributed by atoms with Crippen LogP contribution in [0.2, 0.25) is 0 Å². The Morgan fingerprint density at radius 3 is 2.41 bits per heavy atom. The van der Waals surface area contributed by atoms with E-state index in [0.717, 1.165) is 16.8 Å². The summed E-state index contributed by atoms with van der Waals surface area (Å²) in [6.07, 6.45) is 0. The fourth-order valence-corrected chi connectivity index (χ4v) is 2.14. The van der Waals surface area contributed by atoms with Crippen LogP contribution in [0, 0.1) is 17.5 Å².